The number of hydrogen-bond donors (Lipinski definition) is 2. The zero-order chi connectivity index (χ0) is 17.2. The smallest absolute Gasteiger partial charge is 0.303 e. The predicted octanol–water partition coefficient (Wildman–Crippen LogP) is 4.96. The van der Waals surface area contributed by atoms with E-state index in [9.17, 15) is 9.90 Å². The first-order chi connectivity index (χ1) is 11.2. The maximum absolute atomic E-state index is 10.3. The molecule has 0 bridgehead atoms. The van der Waals surface area contributed by atoms with E-state index >= 15 is 0 Å². The number of carboxylic acids is 1. The van der Waals surface area contributed by atoms with Gasteiger partial charge in [0.05, 0.1) is 6.10 Å². The lowest BCUT2D eigenvalue weighted by Crippen LogP contribution is -1.98. The van der Waals surface area contributed by atoms with Crippen molar-refractivity contribution in [3.05, 3.63) is 60.8 Å². The quantitative estimate of drug-likeness (QED) is 0.286. The molecule has 128 valence electrons. The summed E-state index contributed by atoms with van der Waals surface area (Å²) >= 11 is 0. The number of carboxylic acid groups (broad SMARTS) is 1. The average Bonchev–Trinajstić information content (AvgIpc) is 2.52. The SMILES string of the molecule is CC/C=C\C=C\C(O)C/C=C\C/C=C\C/C=C\CCCC(=O)O. The Morgan fingerprint density at radius 3 is 2.26 bits per heavy atom. The molecule has 0 amide bonds. The van der Waals surface area contributed by atoms with Crippen LogP contribution in [-0.2, 0) is 4.79 Å². The van der Waals surface area contributed by atoms with Crippen LogP contribution in [0.3, 0.4) is 0 Å². The summed E-state index contributed by atoms with van der Waals surface area (Å²) in [6.45, 7) is 2.08. The zero-order valence-electron chi connectivity index (χ0n) is 14.1. The Kier molecular flexibility index (Phi) is 15.2. The lowest BCUT2D eigenvalue weighted by molar-refractivity contribution is -0.137. The molecule has 2 N–H and O–H groups in total. The summed E-state index contributed by atoms with van der Waals surface area (Å²) in [6.07, 6.45) is 24.7. The van der Waals surface area contributed by atoms with E-state index in [0.29, 0.717) is 12.8 Å². The Morgan fingerprint density at radius 1 is 0.957 bits per heavy atom. The van der Waals surface area contributed by atoms with Gasteiger partial charge >= 0.3 is 5.97 Å². The highest BCUT2D eigenvalue weighted by molar-refractivity contribution is 5.66. The Hall–Kier alpha value is -1.87. The molecule has 0 aliphatic rings. The minimum absolute atomic E-state index is 0.237. The summed E-state index contributed by atoms with van der Waals surface area (Å²) in [4.78, 5) is 10.3. The molecular weight excluding hydrogens is 288 g/mol. The van der Waals surface area contributed by atoms with E-state index in [2.05, 4.69) is 25.2 Å². The summed E-state index contributed by atoms with van der Waals surface area (Å²) in [5.74, 6) is -0.733. The molecule has 0 spiro atoms. The first-order valence-corrected chi connectivity index (χ1v) is 8.35. The Balaban J connectivity index is 3.61. The monoisotopic (exact) mass is 318 g/mol. The largest absolute Gasteiger partial charge is 0.481 e. The van der Waals surface area contributed by atoms with E-state index in [1.54, 1.807) is 6.08 Å². The molecule has 3 nitrogen and oxygen atoms in total. The first-order valence-electron chi connectivity index (χ1n) is 8.35. The molecule has 0 saturated carbocycles. The van der Waals surface area contributed by atoms with Crippen LogP contribution in [0.25, 0.3) is 0 Å². The van der Waals surface area contributed by atoms with Crippen molar-refractivity contribution in [3.63, 3.8) is 0 Å². The molecule has 0 aromatic heterocycles. The second-order valence-electron chi connectivity index (χ2n) is 5.20. The van der Waals surface area contributed by atoms with Gasteiger partial charge in [0, 0.05) is 6.42 Å². The molecule has 0 saturated heterocycles. The maximum atomic E-state index is 10.3. The Bertz CT molecular complexity index is 428. The molecule has 0 rings (SSSR count). The van der Waals surface area contributed by atoms with Crippen LogP contribution in [0.1, 0.15) is 51.9 Å². The first kappa shape index (κ1) is 21.1. The molecule has 0 aliphatic carbocycles. The molecule has 0 fully saturated rings. The van der Waals surface area contributed by atoms with E-state index < -0.39 is 12.1 Å². The average molecular weight is 318 g/mol. The number of unbranched alkanes of at least 4 members (excludes halogenated alkanes) is 1. The molecule has 23 heavy (non-hydrogen) atoms. The van der Waals surface area contributed by atoms with E-state index in [4.69, 9.17) is 5.11 Å². The van der Waals surface area contributed by atoms with E-state index in [-0.39, 0.29) is 6.42 Å². The molecule has 0 aromatic rings. The van der Waals surface area contributed by atoms with Crippen molar-refractivity contribution < 1.29 is 15.0 Å². The topological polar surface area (TPSA) is 57.5 Å². The summed E-state index contributed by atoms with van der Waals surface area (Å²) in [5, 5.41) is 18.2. The molecule has 1 atom stereocenters. The Morgan fingerprint density at radius 2 is 1.61 bits per heavy atom. The fourth-order valence-corrected chi connectivity index (χ4v) is 1.75. The third-order valence-electron chi connectivity index (χ3n) is 3.00. The zero-order valence-corrected chi connectivity index (χ0v) is 14.1. The van der Waals surface area contributed by atoms with Crippen LogP contribution in [0.2, 0.25) is 0 Å². The fourth-order valence-electron chi connectivity index (χ4n) is 1.75. The summed E-state index contributed by atoms with van der Waals surface area (Å²) in [7, 11) is 0. The van der Waals surface area contributed by atoms with Gasteiger partial charge in [0.2, 0.25) is 0 Å². The number of hydrogen-bond acceptors (Lipinski definition) is 2. The van der Waals surface area contributed by atoms with Crippen LogP contribution in [0.5, 0.6) is 0 Å². The lowest BCUT2D eigenvalue weighted by atomic mass is 10.2. The van der Waals surface area contributed by atoms with Crippen LogP contribution >= 0.6 is 0 Å². The second kappa shape index (κ2) is 16.5. The van der Waals surface area contributed by atoms with Crippen LogP contribution < -0.4 is 0 Å². The standard InChI is InChI=1S/C20H30O3/c1-2-3-4-13-16-19(21)17-14-11-9-7-5-6-8-10-12-15-18-20(22)23/h3-5,7-8,10-11,13-14,16,19,21H,2,6,9,12,15,17-18H2,1H3,(H,22,23)/b4-3-,7-5-,10-8-,14-11-,16-13+. The van der Waals surface area contributed by atoms with Gasteiger partial charge in [-0.1, -0.05) is 67.7 Å². The van der Waals surface area contributed by atoms with E-state index in [1.165, 1.54) is 0 Å². The molecule has 3 heteroatoms. The highest BCUT2D eigenvalue weighted by Crippen LogP contribution is 2.00. The molecule has 1 unspecified atom stereocenters. The highest BCUT2D eigenvalue weighted by Gasteiger charge is 1.93. The van der Waals surface area contributed by atoms with E-state index in [0.717, 1.165) is 25.7 Å². The predicted molar refractivity (Wildman–Crippen MR) is 97.3 cm³/mol. The van der Waals surface area contributed by atoms with Crippen molar-refractivity contribution in [1.29, 1.82) is 0 Å². The van der Waals surface area contributed by atoms with Gasteiger partial charge in [-0.05, 0) is 38.5 Å². The normalized spacial score (nSPS) is 14.2. The van der Waals surface area contributed by atoms with Gasteiger partial charge < -0.3 is 10.2 Å². The summed E-state index contributed by atoms with van der Waals surface area (Å²) in [5.41, 5.74) is 0. The number of aliphatic carboxylic acids is 1. The summed E-state index contributed by atoms with van der Waals surface area (Å²) < 4.78 is 0. The van der Waals surface area contributed by atoms with Crippen LogP contribution in [0, 0.1) is 0 Å². The molecule has 0 aromatic carbocycles. The third-order valence-corrected chi connectivity index (χ3v) is 3.00. The van der Waals surface area contributed by atoms with Gasteiger partial charge in [0.1, 0.15) is 0 Å². The van der Waals surface area contributed by atoms with Crippen LogP contribution in [0.15, 0.2) is 60.8 Å². The van der Waals surface area contributed by atoms with Crippen LogP contribution in [0.4, 0.5) is 0 Å². The van der Waals surface area contributed by atoms with Gasteiger partial charge in [0.25, 0.3) is 0 Å². The summed E-state index contributed by atoms with van der Waals surface area (Å²) in [6, 6.07) is 0. The van der Waals surface area contributed by atoms with Crippen LogP contribution in [-0.4, -0.2) is 22.3 Å². The minimum atomic E-state index is -0.733. The number of rotatable bonds is 13. The van der Waals surface area contributed by atoms with Crippen molar-refractivity contribution in [2.45, 2.75) is 58.0 Å². The lowest BCUT2D eigenvalue weighted by Gasteiger charge is -1.98. The third kappa shape index (κ3) is 18.1. The van der Waals surface area contributed by atoms with Gasteiger partial charge in [-0.15, -0.1) is 0 Å². The van der Waals surface area contributed by atoms with Gasteiger partial charge in [0.15, 0.2) is 0 Å². The number of carbonyl (C=O) groups is 1. The van der Waals surface area contributed by atoms with E-state index in [1.807, 2.05) is 36.5 Å². The fraction of sp³-hybridized carbons (Fsp3) is 0.450. The van der Waals surface area contributed by atoms with Gasteiger partial charge in [-0.3, -0.25) is 4.79 Å². The number of aliphatic hydroxyl groups is 1. The Labute approximate surface area is 140 Å². The maximum Gasteiger partial charge on any atom is 0.303 e. The van der Waals surface area contributed by atoms with Crippen molar-refractivity contribution in [2.24, 2.45) is 0 Å². The number of aliphatic hydroxyl groups excluding tert-OH is 1. The molecule has 0 heterocycles. The molecule has 0 aliphatic heterocycles. The highest BCUT2D eigenvalue weighted by atomic mass is 16.4. The minimum Gasteiger partial charge on any atom is -0.481 e. The molecular formula is C20H30O3. The van der Waals surface area contributed by atoms with Crippen molar-refractivity contribution in [1.82, 2.24) is 0 Å². The van der Waals surface area contributed by atoms with Crippen molar-refractivity contribution in [3.8, 4) is 0 Å². The van der Waals surface area contributed by atoms with Gasteiger partial charge in [-0.25, -0.2) is 0 Å². The van der Waals surface area contributed by atoms with Crippen molar-refractivity contribution in [2.75, 3.05) is 0 Å². The second-order valence-corrected chi connectivity index (χ2v) is 5.20. The number of allylic oxidation sites excluding steroid dienone is 8. The van der Waals surface area contributed by atoms with Gasteiger partial charge in [-0.2, -0.15) is 0 Å². The molecule has 0 radical (unpaired) electrons. The van der Waals surface area contributed by atoms with Crippen molar-refractivity contribution >= 4 is 5.97 Å².